The van der Waals surface area contributed by atoms with Gasteiger partial charge in [0.1, 0.15) is 5.82 Å². The normalized spacial score (nSPS) is 13.6. The molecule has 1 amide bonds. The molecule has 0 radical (unpaired) electrons. The first-order valence-electron chi connectivity index (χ1n) is 7.17. The Balaban J connectivity index is 1.82. The molecule has 118 valence electrons. The van der Waals surface area contributed by atoms with Crippen LogP contribution in [0.3, 0.4) is 0 Å². The Morgan fingerprint density at radius 2 is 2.05 bits per heavy atom. The maximum atomic E-state index is 12.9. The van der Waals surface area contributed by atoms with E-state index < -0.39 is 0 Å². The first-order chi connectivity index (χ1) is 10.5. The number of nitrogens with zero attached hydrogens (tertiary/aromatic N) is 2. The third kappa shape index (κ3) is 4.56. The molecule has 6 heteroatoms. The molecule has 2 unspecified atom stereocenters. The first-order valence-corrected chi connectivity index (χ1v) is 7.54. The zero-order chi connectivity index (χ0) is 16.1. The molecule has 4 nitrogen and oxygen atoms in total. The van der Waals surface area contributed by atoms with E-state index >= 15 is 0 Å². The van der Waals surface area contributed by atoms with E-state index in [0.29, 0.717) is 18.1 Å². The maximum Gasteiger partial charge on any atom is 0.224 e. The van der Waals surface area contributed by atoms with E-state index in [4.69, 9.17) is 11.6 Å². The van der Waals surface area contributed by atoms with Gasteiger partial charge in [-0.1, -0.05) is 37.6 Å². The Hall–Kier alpha value is -1.88. The Kier molecular flexibility index (Phi) is 5.55. The van der Waals surface area contributed by atoms with Crippen molar-refractivity contribution < 1.29 is 9.18 Å². The predicted molar refractivity (Wildman–Crippen MR) is 84.2 cm³/mol. The van der Waals surface area contributed by atoms with Crippen LogP contribution in [0.5, 0.6) is 0 Å². The quantitative estimate of drug-likeness (QED) is 0.887. The van der Waals surface area contributed by atoms with Crippen LogP contribution in [0.15, 0.2) is 36.7 Å². The molecule has 1 aromatic carbocycles. The van der Waals surface area contributed by atoms with Crippen molar-refractivity contribution in [2.75, 3.05) is 6.54 Å². The van der Waals surface area contributed by atoms with Crippen molar-refractivity contribution in [1.82, 2.24) is 15.1 Å². The standard InChI is InChI=1S/C16H19ClFN3O/c1-11(13-3-5-15(18)6-4-13)7-19-16(22)12(2)9-21-10-14(17)8-20-21/h3-6,8,10-12H,7,9H2,1-2H3,(H,19,22). The van der Waals surface area contributed by atoms with Crippen LogP contribution in [0.25, 0.3) is 0 Å². The molecule has 0 saturated carbocycles. The van der Waals surface area contributed by atoms with E-state index in [-0.39, 0.29) is 23.6 Å². The summed E-state index contributed by atoms with van der Waals surface area (Å²) < 4.78 is 14.5. The van der Waals surface area contributed by atoms with E-state index in [1.807, 2.05) is 13.8 Å². The second kappa shape index (κ2) is 7.40. The molecule has 22 heavy (non-hydrogen) atoms. The number of amides is 1. The number of carbonyl (C=O) groups is 1. The van der Waals surface area contributed by atoms with Gasteiger partial charge in [0, 0.05) is 12.7 Å². The lowest BCUT2D eigenvalue weighted by Crippen LogP contribution is -2.34. The van der Waals surface area contributed by atoms with Crippen molar-refractivity contribution in [3.63, 3.8) is 0 Å². The van der Waals surface area contributed by atoms with Gasteiger partial charge in [-0.2, -0.15) is 5.10 Å². The molecule has 1 N–H and O–H groups in total. The number of carbonyl (C=O) groups excluding carboxylic acids is 1. The lowest BCUT2D eigenvalue weighted by atomic mass is 10.0. The molecular weight excluding hydrogens is 305 g/mol. The van der Waals surface area contributed by atoms with Gasteiger partial charge in [-0.15, -0.1) is 0 Å². The highest BCUT2D eigenvalue weighted by Gasteiger charge is 2.15. The molecule has 1 aromatic heterocycles. The van der Waals surface area contributed by atoms with Gasteiger partial charge >= 0.3 is 0 Å². The minimum atomic E-state index is -0.258. The summed E-state index contributed by atoms with van der Waals surface area (Å²) in [7, 11) is 0. The molecule has 2 aromatic rings. The number of hydrogen-bond acceptors (Lipinski definition) is 2. The highest BCUT2D eigenvalue weighted by molar-refractivity contribution is 6.30. The van der Waals surface area contributed by atoms with E-state index in [0.717, 1.165) is 5.56 Å². The molecule has 1 heterocycles. The Morgan fingerprint density at radius 3 is 2.64 bits per heavy atom. The summed E-state index contributed by atoms with van der Waals surface area (Å²) in [5.41, 5.74) is 0.994. The van der Waals surface area contributed by atoms with Gasteiger partial charge in [0.05, 0.1) is 23.7 Å². The van der Waals surface area contributed by atoms with Crippen molar-refractivity contribution in [2.24, 2.45) is 5.92 Å². The van der Waals surface area contributed by atoms with Gasteiger partial charge in [0.15, 0.2) is 0 Å². The molecule has 0 aliphatic rings. The minimum absolute atomic E-state index is 0.0411. The topological polar surface area (TPSA) is 46.9 Å². The highest BCUT2D eigenvalue weighted by atomic mass is 35.5. The van der Waals surface area contributed by atoms with Gasteiger partial charge in [-0.3, -0.25) is 9.48 Å². The van der Waals surface area contributed by atoms with Crippen molar-refractivity contribution in [3.05, 3.63) is 53.1 Å². The molecule has 0 spiro atoms. The van der Waals surface area contributed by atoms with Crippen LogP contribution in [0.1, 0.15) is 25.3 Å². The fraction of sp³-hybridized carbons (Fsp3) is 0.375. The maximum absolute atomic E-state index is 12.9. The molecule has 0 aliphatic carbocycles. The van der Waals surface area contributed by atoms with Crippen LogP contribution < -0.4 is 5.32 Å². The predicted octanol–water partition coefficient (Wildman–Crippen LogP) is 3.23. The fourth-order valence-electron chi connectivity index (χ4n) is 2.14. The van der Waals surface area contributed by atoms with E-state index in [1.54, 1.807) is 29.2 Å². The molecule has 2 rings (SSSR count). The van der Waals surface area contributed by atoms with Crippen molar-refractivity contribution in [3.8, 4) is 0 Å². The summed E-state index contributed by atoms with van der Waals surface area (Å²) in [5.74, 6) is -0.389. The van der Waals surface area contributed by atoms with Crippen LogP contribution in [0.4, 0.5) is 4.39 Å². The van der Waals surface area contributed by atoms with Crippen LogP contribution in [-0.2, 0) is 11.3 Å². The third-order valence-electron chi connectivity index (χ3n) is 3.53. The number of nitrogens with one attached hydrogen (secondary N) is 1. The molecule has 0 aliphatic heterocycles. The largest absolute Gasteiger partial charge is 0.355 e. The third-order valence-corrected chi connectivity index (χ3v) is 3.73. The van der Waals surface area contributed by atoms with E-state index in [9.17, 15) is 9.18 Å². The molecule has 0 saturated heterocycles. The van der Waals surface area contributed by atoms with E-state index in [1.165, 1.54) is 12.1 Å². The zero-order valence-corrected chi connectivity index (χ0v) is 13.3. The SMILES string of the molecule is CC(Cn1cc(Cl)cn1)C(=O)NCC(C)c1ccc(F)cc1. The van der Waals surface area contributed by atoms with Crippen molar-refractivity contribution >= 4 is 17.5 Å². The first kappa shape index (κ1) is 16.5. The molecular formula is C16H19ClFN3O. The summed E-state index contributed by atoms with van der Waals surface area (Å²) in [4.78, 5) is 12.1. The fourth-order valence-corrected chi connectivity index (χ4v) is 2.30. The average molecular weight is 324 g/mol. The monoisotopic (exact) mass is 323 g/mol. The zero-order valence-electron chi connectivity index (χ0n) is 12.6. The van der Waals surface area contributed by atoms with Gasteiger partial charge < -0.3 is 5.32 Å². The smallest absolute Gasteiger partial charge is 0.224 e. The Labute approximate surface area is 134 Å². The van der Waals surface area contributed by atoms with Gasteiger partial charge in [-0.05, 0) is 23.6 Å². The number of halogens is 2. The molecule has 0 bridgehead atoms. The van der Waals surface area contributed by atoms with Crippen LogP contribution in [0.2, 0.25) is 5.02 Å². The second-order valence-corrected chi connectivity index (χ2v) is 5.92. The summed E-state index contributed by atoms with van der Waals surface area (Å²) in [5, 5.41) is 7.53. The number of benzene rings is 1. The van der Waals surface area contributed by atoms with Crippen molar-refractivity contribution in [2.45, 2.75) is 26.3 Å². The number of aromatic nitrogens is 2. The molecule has 2 atom stereocenters. The number of hydrogen-bond donors (Lipinski definition) is 1. The van der Waals surface area contributed by atoms with Crippen LogP contribution in [0, 0.1) is 11.7 Å². The lowest BCUT2D eigenvalue weighted by molar-refractivity contribution is -0.125. The van der Waals surface area contributed by atoms with E-state index in [2.05, 4.69) is 10.4 Å². The van der Waals surface area contributed by atoms with Crippen LogP contribution in [-0.4, -0.2) is 22.2 Å². The number of rotatable bonds is 6. The summed E-state index contributed by atoms with van der Waals surface area (Å²) >= 11 is 5.79. The minimum Gasteiger partial charge on any atom is -0.355 e. The Bertz CT molecular complexity index is 627. The Morgan fingerprint density at radius 1 is 1.36 bits per heavy atom. The second-order valence-electron chi connectivity index (χ2n) is 5.48. The van der Waals surface area contributed by atoms with Gasteiger partial charge in [0.25, 0.3) is 0 Å². The van der Waals surface area contributed by atoms with Crippen molar-refractivity contribution in [1.29, 1.82) is 0 Å². The average Bonchev–Trinajstić information content (AvgIpc) is 2.90. The summed E-state index contributed by atoms with van der Waals surface area (Å²) in [6.45, 7) is 4.82. The summed E-state index contributed by atoms with van der Waals surface area (Å²) in [6.07, 6.45) is 3.23. The highest BCUT2D eigenvalue weighted by Crippen LogP contribution is 2.15. The van der Waals surface area contributed by atoms with Gasteiger partial charge in [0.2, 0.25) is 5.91 Å². The van der Waals surface area contributed by atoms with Gasteiger partial charge in [-0.25, -0.2) is 4.39 Å². The lowest BCUT2D eigenvalue weighted by Gasteiger charge is -2.16. The molecule has 0 fully saturated rings. The van der Waals surface area contributed by atoms with Crippen LogP contribution >= 0.6 is 11.6 Å². The summed E-state index contributed by atoms with van der Waals surface area (Å²) in [6, 6.07) is 6.33.